The summed E-state index contributed by atoms with van der Waals surface area (Å²) in [6.07, 6.45) is 4.59. The zero-order chi connectivity index (χ0) is 62.6. The van der Waals surface area contributed by atoms with Gasteiger partial charge in [0.05, 0.1) is 45.7 Å². The molecule has 460 valence electrons. The number of H-pyrrole nitrogens is 2. The molecule has 4 saturated heterocycles. The Balaban J connectivity index is 0.000000179. The predicted molar refractivity (Wildman–Crippen MR) is 344 cm³/mol. The van der Waals surface area contributed by atoms with E-state index in [-0.39, 0.29) is 69.5 Å². The van der Waals surface area contributed by atoms with E-state index in [0.29, 0.717) is 104 Å². The van der Waals surface area contributed by atoms with Crippen molar-refractivity contribution in [3.05, 3.63) is 106 Å². The van der Waals surface area contributed by atoms with Crippen molar-refractivity contribution < 1.29 is 28.6 Å². The zero-order valence-electron chi connectivity index (χ0n) is 50.7. The first-order valence-electron chi connectivity index (χ1n) is 29.1. The van der Waals surface area contributed by atoms with Gasteiger partial charge in [0.2, 0.25) is 23.0 Å². The molecule has 4 atom stereocenters. The normalized spacial score (nSPS) is 19.2. The van der Waals surface area contributed by atoms with Crippen molar-refractivity contribution in [2.24, 2.45) is 5.92 Å². The molecule has 0 spiro atoms. The van der Waals surface area contributed by atoms with Crippen LogP contribution in [0.2, 0.25) is 10.0 Å². The lowest BCUT2D eigenvalue weighted by molar-refractivity contribution is -0.128. The molecular formula is C63H74Cl3F2N15O4. The zero-order valence-corrected chi connectivity index (χ0v) is 53.0. The second-order valence-corrected chi connectivity index (χ2v) is 25.1. The Morgan fingerprint density at radius 3 is 1.47 bits per heavy atom. The molecule has 4 aliphatic rings. The number of nitrogens with one attached hydrogen (secondary N) is 2. The maximum atomic E-state index is 17.0. The van der Waals surface area contributed by atoms with Crippen molar-refractivity contribution in [2.75, 3.05) is 93.6 Å². The number of amides is 1. The fraction of sp³-hybridized carbons (Fsp3) is 0.429. The Bertz CT molecular complexity index is 3980. The van der Waals surface area contributed by atoms with Gasteiger partial charge in [0.25, 0.3) is 0 Å². The van der Waals surface area contributed by atoms with Crippen LogP contribution in [-0.2, 0) is 22.8 Å². The first-order valence-corrected chi connectivity index (χ1v) is 30.3. The van der Waals surface area contributed by atoms with Crippen LogP contribution in [0.1, 0.15) is 63.1 Å². The maximum Gasteiger partial charge on any atom is 0.246 e. The lowest BCUT2D eigenvalue weighted by atomic mass is 9.93. The summed E-state index contributed by atoms with van der Waals surface area (Å²) >= 11 is 18.6. The van der Waals surface area contributed by atoms with Gasteiger partial charge in [0.1, 0.15) is 22.7 Å². The van der Waals surface area contributed by atoms with Crippen LogP contribution >= 0.6 is 34.8 Å². The SMILES string of the molecule is C=CC(=O)Cl.C=CC(=O)N1C[C@H](C)N(c2nc(N3CC(N(C)C)C3)nc3c(F)c(-c4c(C)ccc5n[nH]c(CO)c45)c(Cl)cc23)C[C@H]1C.Cc1ccc2n[nH]c(CO)c2c1-c1c(Cl)cc2c(N3C[C@@H](C)CC[C@@H]3C)nc(N3CC(N(C)C)C3)nc2c1F. The molecule has 4 fully saturated rings. The maximum absolute atomic E-state index is 17.0. The smallest absolute Gasteiger partial charge is 0.246 e. The molecule has 8 heterocycles. The molecule has 8 aromatic rings. The summed E-state index contributed by atoms with van der Waals surface area (Å²) in [4.78, 5) is 56.4. The highest BCUT2D eigenvalue weighted by Gasteiger charge is 2.38. The summed E-state index contributed by atoms with van der Waals surface area (Å²) in [6.45, 7) is 23.3. The summed E-state index contributed by atoms with van der Waals surface area (Å²) in [5, 5.41) is 36.8. The molecule has 0 saturated carbocycles. The third-order valence-electron chi connectivity index (χ3n) is 17.5. The van der Waals surface area contributed by atoms with Crippen LogP contribution in [0.4, 0.5) is 32.3 Å². The van der Waals surface area contributed by atoms with Crippen molar-refractivity contribution in [1.29, 1.82) is 0 Å². The fourth-order valence-corrected chi connectivity index (χ4v) is 12.8. The molecule has 0 unspecified atom stereocenters. The van der Waals surface area contributed by atoms with Gasteiger partial charge in [-0.1, -0.05) is 55.4 Å². The lowest BCUT2D eigenvalue weighted by Crippen LogP contribution is -2.59. The number of aliphatic hydroxyl groups is 2. The van der Waals surface area contributed by atoms with Gasteiger partial charge in [-0.15, -0.1) is 0 Å². The van der Waals surface area contributed by atoms with E-state index in [9.17, 15) is 19.8 Å². The summed E-state index contributed by atoms with van der Waals surface area (Å²) < 4.78 is 33.8. The number of rotatable bonds is 12. The number of aliphatic hydroxyl groups excluding tert-OH is 2. The van der Waals surface area contributed by atoms with Crippen LogP contribution in [0, 0.1) is 31.4 Å². The number of benzene rings is 4. The Kier molecular flexibility index (Phi) is 18.5. The molecule has 0 bridgehead atoms. The first-order chi connectivity index (χ1) is 41.5. The van der Waals surface area contributed by atoms with E-state index in [1.807, 2.05) is 72.1 Å². The minimum atomic E-state index is -0.557. The summed E-state index contributed by atoms with van der Waals surface area (Å²) in [5.74, 6) is 1.67. The second kappa shape index (κ2) is 25.5. The van der Waals surface area contributed by atoms with Gasteiger partial charge in [-0.25, -0.2) is 18.7 Å². The predicted octanol–water partition coefficient (Wildman–Crippen LogP) is 10.2. The number of aromatic nitrogens is 8. The number of nitrogens with zero attached hydrogens (tertiary/aromatic N) is 13. The highest BCUT2D eigenvalue weighted by Crippen LogP contribution is 2.46. The third kappa shape index (κ3) is 11.9. The van der Waals surface area contributed by atoms with Gasteiger partial charge in [-0.2, -0.15) is 20.2 Å². The Morgan fingerprint density at radius 2 is 1.07 bits per heavy atom. The molecule has 12 rings (SSSR count). The minimum absolute atomic E-state index is 0.104. The average molecular weight is 1250 g/mol. The number of carbonyl (C=O) groups is 2. The van der Waals surface area contributed by atoms with Gasteiger partial charge in [-0.05, 0) is 141 Å². The average Bonchev–Trinajstić information content (AvgIpc) is 2.24. The van der Waals surface area contributed by atoms with Gasteiger partial charge >= 0.3 is 0 Å². The number of aromatic amines is 2. The van der Waals surface area contributed by atoms with Crippen LogP contribution in [0.5, 0.6) is 0 Å². The Morgan fingerprint density at radius 1 is 0.632 bits per heavy atom. The number of carbonyl (C=O) groups excluding carboxylic acids is 2. The van der Waals surface area contributed by atoms with E-state index in [4.69, 9.17) is 54.7 Å². The first kappa shape index (κ1) is 62.9. The number of hydrogen-bond acceptors (Lipinski definition) is 16. The third-order valence-corrected chi connectivity index (χ3v) is 18.3. The molecule has 87 heavy (non-hydrogen) atoms. The number of aryl methyl sites for hydroxylation is 2. The molecular weight excluding hydrogens is 1180 g/mol. The standard InChI is InChI=1S/C31H36ClFN8O2.C29H35ClFN7O.C3H3ClO/c1-7-24(43)40-11-18(4)41(12-17(40)3)30-20-10-21(32)26(25-16(2)8-9-22-27(25)23(15-42)37-36-22)28(33)29(20)34-31(35-30)39-13-19(14-39)38(5)6;1-15-6-8-17(3)38(11-15)28-19-10-20(30)24(23-16(2)7-9-21-25(23)22(14-39)35-34-21)26(31)27(19)32-29(33-28)37-12-18(13-37)36(4)5;1-2-3(4)5/h7-10,17-19,42H,1,11-15H2,2-6H3,(H,36,37);7,9-10,15,17-18,39H,6,8,11-14H2,1-5H3,(H,34,35);2H,1H2/t17-,18+;15-,17-;/m10./s1. The monoisotopic (exact) mass is 1250 g/mol. The molecule has 24 heteroatoms. The number of hydrogen-bond donors (Lipinski definition) is 4. The van der Waals surface area contributed by atoms with Crippen molar-refractivity contribution in [1.82, 2.24) is 55.0 Å². The molecule has 19 nitrogen and oxygen atoms in total. The van der Waals surface area contributed by atoms with Crippen molar-refractivity contribution in [3.63, 3.8) is 0 Å². The number of anilines is 4. The molecule has 0 aliphatic carbocycles. The van der Waals surface area contributed by atoms with Crippen LogP contribution in [-0.4, -0.2) is 181 Å². The summed E-state index contributed by atoms with van der Waals surface area (Å²) in [6, 6.07) is 11.8. The van der Waals surface area contributed by atoms with Gasteiger partial charge < -0.3 is 44.5 Å². The van der Waals surface area contributed by atoms with E-state index in [2.05, 4.69) is 90.9 Å². The van der Waals surface area contributed by atoms with Crippen LogP contribution in [0.25, 0.3) is 65.9 Å². The molecule has 4 aromatic carbocycles. The molecule has 1 amide bonds. The van der Waals surface area contributed by atoms with Gasteiger partial charge in [-0.3, -0.25) is 19.8 Å². The van der Waals surface area contributed by atoms with Crippen LogP contribution in [0.15, 0.2) is 61.7 Å². The number of allylic oxidation sites excluding steroid dienone is 1. The summed E-state index contributed by atoms with van der Waals surface area (Å²) in [7, 11) is 8.21. The van der Waals surface area contributed by atoms with Crippen LogP contribution < -0.4 is 19.6 Å². The molecule has 0 radical (unpaired) electrons. The van der Waals surface area contributed by atoms with Crippen LogP contribution in [0.3, 0.4) is 0 Å². The van der Waals surface area contributed by atoms with E-state index in [1.165, 1.54) is 6.08 Å². The number of fused-ring (bicyclic) bond motifs is 4. The highest BCUT2D eigenvalue weighted by molar-refractivity contribution is 6.66. The van der Waals surface area contributed by atoms with Crippen molar-refractivity contribution >= 4 is 113 Å². The Labute approximate surface area is 519 Å². The summed E-state index contributed by atoms with van der Waals surface area (Å²) in [5.41, 5.74) is 5.98. The van der Waals surface area contributed by atoms with Crippen molar-refractivity contribution in [3.8, 4) is 22.3 Å². The number of piperidine rings is 1. The Hall–Kier alpha value is -7.11. The van der Waals surface area contributed by atoms with Gasteiger partial charge in [0, 0.05) is 120 Å². The van der Waals surface area contributed by atoms with Crippen molar-refractivity contribution in [2.45, 2.75) is 97.8 Å². The highest BCUT2D eigenvalue weighted by atomic mass is 35.5. The number of likely N-dealkylation sites (N-methyl/N-ethyl adjacent to an activating group) is 2. The van der Waals surface area contributed by atoms with E-state index in [0.717, 1.165) is 68.6 Å². The molecule has 4 aliphatic heterocycles. The fourth-order valence-electron chi connectivity index (χ4n) is 12.3. The number of halogens is 5. The number of piperazine rings is 1. The second-order valence-electron chi connectivity index (χ2n) is 23.9. The lowest BCUT2D eigenvalue weighted by Gasteiger charge is -2.45. The van der Waals surface area contributed by atoms with E-state index in [1.54, 1.807) is 11.0 Å². The largest absolute Gasteiger partial charge is 0.390 e. The van der Waals surface area contributed by atoms with E-state index >= 15 is 8.78 Å². The molecule has 4 aromatic heterocycles. The minimum Gasteiger partial charge on any atom is -0.390 e. The quantitative estimate of drug-likeness (QED) is 0.0663. The topological polar surface area (TPSA) is 206 Å². The molecule has 4 N–H and O–H groups in total. The van der Waals surface area contributed by atoms with Gasteiger partial charge in [0.15, 0.2) is 11.6 Å². The van der Waals surface area contributed by atoms with E-state index < -0.39 is 16.9 Å².